The number of hydrogen-bond acceptors (Lipinski definition) is 4. The molecule has 0 bridgehead atoms. The SMILES string of the molecule is O=[N+]([O-])c1ccc(Br)nc1NC1CC1. The Kier molecular flexibility index (Phi) is 2.37. The molecule has 0 radical (unpaired) electrons. The van der Waals surface area contributed by atoms with Gasteiger partial charge in [0.2, 0.25) is 5.82 Å². The summed E-state index contributed by atoms with van der Waals surface area (Å²) in [7, 11) is 0. The van der Waals surface area contributed by atoms with Crippen LogP contribution < -0.4 is 5.32 Å². The number of rotatable bonds is 3. The van der Waals surface area contributed by atoms with Crippen molar-refractivity contribution in [3.05, 3.63) is 26.9 Å². The van der Waals surface area contributed by atoms with Crippen LogP contribution in [-0.2, 0) is 0 Å². The predicted octanol–water partition coefficient (Wildman–Crippen LogP) is 2.33. The minimum Gasteiger partial charge on any atom is -0.362 e. The number of nitrogens with one attached hydrogen (secondary N) is 1. The van der Waals surface area contributed by atoms with Gasteiger partial charge in [0.15, 0.2) is 0 Å². The van der Waals surface area contributed by atoms with Crippen molar-refractivity contribution in [3.63, 3.8) is 0 Å². The Labute approximate surface area is 88.8 Å². The lowest BCUT2D eigenvalue weighted by Gasteiger charge is -2.03. The molecule has 1 aromatic heterocycles. The summed E-state index contributed by atoms with van der Waals surface area (Å²) in [6, 6.07) is 3.37. The standard InChI is InChI=1S/C8H8BrN3O2/c9-7-4-3-6(12(13)14)8(11-7)10-5-1-2-5/h3-5H,1-2H2,(H,10,11). The summed E-state index contributed by atoms with van der Waals surface area (Å²) in [5.74, 6) is 0.354. The lowest BCUT2D eigenvalue weighted by molar-refractivity contribution is -0.384. The first kappa shape index (κ1) is 9.39. The molecule has 1 fully saturated rings. The Morgan fingerprint density at radius 1 is 1.57 bits per heavy atom. The number of nitrogens with zero attached hydrogens (tertiary/aromatic N) is 2. The number of anilines is 1. The molecule has 14 heavy (non-hydrogen) atoms. The summed E-state index contributed by atoms with van der Waals surface area (Å²) in [5.41, 5.74) is 0.0279. The minimum atomic E-state index is -0.426. The van der Waals surface area contributed by atoms with Crippen molar-refractivity contribution in [3.8, 4) is 0 Å². The zero-order chi connectivity index (χ0) is 10.1. The molecular weight excluding hydrogens is 250 g/mol. The number of nitro groups is 1. The second-order valence-corrected chi connectivity index (χ2v) is 3.99. The van der Waals surface area contributed by atoms with Crippen molar-refractivity contribution in [1.29, 1.82) is 0 Å². The van der Waals surface area contributed by atoms with Gasteiger partial charge in [0.25, 0.3) is 0 Å². The summed E-state index contributed by atoms with van der Waals surface area (Å²) < 4.78 is 0.603. The molecule has 0 amide bonds. The molecule has 1 aromatic rings. The average Bonchev–Trinajstić information content (AvgIpc) is 2.87. The average molecular weight is 258 g/mol. The molecule has 1 aliphatic carbocycles. The Balaban J connectivity index is 2.31. The Hall–Kier alpha value is -1.17. The van der Waals surface area contributed by atoms with E-state index in [1.54, 1.807) is 6.07 Å². The van der Waals surface area contributed by atoms with Gasteiger partial charge in [0.1, 0.15) is 4.60 Å². The Morgan fingerprint density at radius 3 is 2.86 bits per heavy atom. The molecule has 0 unspecified atom stereocenters. The van der Waals surface area contributed by atoms with E-state index < -0.39 is 4.92 Å². The molecule has 0 aromatic carbocycles. The van der Waals surface area contributed by atoms with E-state index in [4.69, 9.17) is 0 Å². The molecule has 1 saturated carbocycles. The van der Waals surface area contributed by atoms with Crippen LogP contribution in [0.2, 0.25) is 0 Å². The second-order valence-electron chi connectivity index (χ2n) is 3.18. The number of aromatic nitrogens is 1. The van der Waals surface area contributed by atoms with Gasteiger partial charge in [-0.3, -0.25) is 10.1 Å². The zero-order valence-electron chi connectivity index (χ0n) is 7.24. The summed E-state index contributed by atoms with van der Waals surface area (Å²) >= 11 is 3.18. The van der Waals surface area contributed by atoms with Crippen molar-refractivity contribution in [2.75, 3.05) is 5.32 Å². The number of pyridine rings is 1. The predicted molar refractivity (Wildman–Crippen MR) is 55.2 cm³/mol. The van der Waals surface area contributed by atoms with Gasteiger partial charge >= 0.3 is 5.69 Å². The van der Waals surface area contributed by atoms with E-state index in [0.717, 1.165) is 12.8 Å². The maximum absolute atomic E-state index is 10.6. The van der Waals surface area contributed by atoms with E-state index in [1.165, 1.54) is 6.07 Å². The summed E-state index contributed by atoms with van der Waals surface area (Å²) in [4.78, 5) is 14.3. The van der Waals surface area contributed by atoms with Crippen LogP contribution in [-0.4, -0.2) is 15.9 Å². The van der Waals surface area contributed by atoms with E-state index in [2.05, 4.69) is 26.2 Å². The number of hydrogen-bond donors (Lipinski definition) is 1. The molecule has 1 heterocycles. The molecule has 6 heteroatoms. The van der Waals surface area contributed by atoms with Crippen LogP contribution >= 0.6 is 15.9 Å². The molecule has 0 spiro atoms. The fourth-order valence-electron chi connectivity index (χ4n) is 1.10. The molecule has 2 rings (SSSR count). The van der Waals surface area contributed by atoms with E-state index in [1.807, 2.05) is 0 Å². The van der Waals surface area contributed by atoms with Crippen molar-refractivity contribution >= 4 is 27.4 Å². The van der Waals surface area contributed by atoms with Gasteiger partial charge in [-0.25, -0.2) is 4.98 Å². The van der Waals surface area contributed by atoms with Crippen molar-refractivity contribution in [2.24, 2.45) is 0 Å². The van der Waals surface area contributed by atoms with Crippen LogP contribution in [0.5, 0.6) is 0 Å². The molecule has 1 N–H and O–H groups in total. The van der Waals surface area contributed by atoms with Gasteiger partial charge in [-0.1, -0.05) is 0 Å². The highest BCUT2D eigenvalue weighted by Crippen LogP contribution is 2.30. The van der Waals surface area contributed by atoms with Gasteiger partial charge in [0, 0.05) is 12.1 Å². The Bertz CT molecular complexity index is 379. The molecule has 0 aliphatic heterocycles. The quantitative estimate of drug-likeness (QED) is 0.513. The molecule has 5 nitrogen and oxygen atoms in total. The van der Waals surface area contributed by atoms with Crippen LogP contribution in [0.4, 0.5) is 11.5 Å². The summed E-state index contributed by atoms with van der Waals surface area (Å²) in [5, 5.41) is 13.7. The summed E-state index contributed by atoms with van der Waals surface area (Å²) in [6.45, 7) is 0. The fraction of sp³-hybridized carbons (Fsp3) is 0.375. The van der Waals surface area contributed by atoms with Crippen molar-refractivity contribution in [2.45, 2.75) is 18.9 Å². The van der Waals surface area contributed by atoms with E-state index in [0.29, 0.717) is 16.5 Å². The highest BCUT2D eigenvalue weighted by Gasteiger charge is 2.25. The van der Waals surface area contributed by atoms with E-state index >= 15 is 0 Å². The van der Waals surface area contributed by atoms with Crippen LogP contribution in [0.15, 0.2) is 16.7 Å². The van der Waals surface area contributed by atoms with Gasteiger partial charge < -0.3 is 5.32 Å². The lowest BCUT2D eigenvalue weighted by Crippen LogP contribution is -2.06. The molecule has 74 valence electrons. The molecule has 0 saturated heterocycles. The van der Waals surface area contributed by atoms with Crippen LogP contribution in [0.25, 0.3) is 0 Å². The van der Waals surface area contributed by atoms with Crippen LogP contribution in [0.3, 0.4) is 0 Å². The third-order valence-electron chi connectivity index (χ3n) is 1.95. The lowest BCUT2D eigenvalue weighted by atomic mass is 10.4. The molecule has 1 aliphatic rings. The van der Waals surface area contributed by atoms with Gasteiger partial charge in [-0.05, 0) is 34.8 Å². The third kappa shape index (κ3) is 2.01. The first-order valence-corrected chi connectivity index (χ1v) is 5.03. The smallest absolute Gasteiger partial charge is 0.311 e. The minimum absolute atomic E-state index is 0.0279. The maximum atomic E-state index is 10.6. The van der Waals surface area contributed by atoms with Crippen molar-refractivity contribution in [1.82, 2.24) is 4.98 Å². The van der Waals surface area contributed by atoms with E-state index in [-0.39, 0.29) is 5.69 Å². The third-order valence-corrected chi connectivity index (χ3v) is 2.40. The van der Waals surface area contributed by atoms with Gasteiger partial charge in [0.05, 0.1) is 4.92 Å². The monoisotopic (exact) mass is 257 g/mol. The first-order chi connectivity index (χ1) is 6.66. The van der Waals surface area contributed by atoms with E-state index in [9.17, 15) is 10.1 Å². The van der Waals surface area contributed by atoms with Crippen LogP contribution in [0, 0.1) is 10.1 Å². The highest BCUT2D eigenvalue weighted by atomic mass is 79.9. The normalized spacial score (nSPS) is 15.2. The fourth-order valence-corrected chi connectivity index (χ4v) is 1.41. The summed E-state index contributed by atoms with van der Waals surface area (Å²) in [6.07, 6.45) is 2.12. The second kappa shape index (κ2) is 3.53. The van der Waals surface area contributed by atoms with Crippen molar-refractivity contribution < 1.29 is 4.92 Å². The Morgan fingerprint density at radius 2 is 2.29 bits per heavy atom. The topological polar surface area (TPSA) is 68.1 Å². The zero-order valence-corrected chi connectivity index (χ0v) is 8.82. The molecule has 0 atom stereocenters. The first-order valence-electron chi connectivity index (χ1n) is 4.24. The maximum Gasteiger partial charge on any atom is 0.311 e. The number of halogens is 1. The van der Waals surface area contributed by atoms with Gasteiger partial charge in [-0.2, -0.15) is 0 Å². The largest absolute Gasteiger partial charge is 0.362 e. The highest BCUT2D eigenvalue weighted by molar-refractivity contribution is 9.10. The van der Waals surface area contributed by atoms with Gasteiger partial charge in [-0.15, -0.1) is 0 Å². The van der Waals surface area contributed by atoms with Crippen LogP contribution in [0.1, 0.15) is 12.8 Å². The molecular formula is C8H8BrN3O2.